The Morgan fingerprint density at radius 1 is 1.38 bits per heavy atom. The van der Waals surface area contributed by atoms with E-state index in [0.717, 1.165) is 58.1 Å². The molecule has 6 nitrogen and oxygen atoms in total. The van der Waals surface area contributed by atoms with Gasteiger partial charge in [-0.1, -0.05) is 12.1 Å². The summed E-state index contributed by atoms with van der Waals surface area (Å²) in [5.41, 5.74) is 3.30. The number of benzene rings is 1. The number of amides is 1. The molecule has 0 spiro atoms. The van der Waals surface area contributed by atoms with Crippen molar-refractivity contribution in [1.29, 1.82) is 0 Å². The van der Waals surface area contributed by atoms with Crippen molar-refractivity contribution < 1.29 is 15.1 Å². The fraction of sp³-hybridized carbons (Fsp3) is 0.560. The van der Waals surface area contributed by atoms with Gasteiger partial charge in [0.1, 0.15) is 5.75 Å². The van der Waals surface area contributed by atoms with Gasteiger partial charge in [-0.2, -0.15) is 0 Å². The highest BCUT2D eigenvalue weighted by molar-refractivity contribution is 9.11. The molecule has 9 heteroatoms. The summed E-state index contributed by atoms with van der Waals surface area (Å²) in [4.78, 5) is 18.0. The van der Waals surface area contributed by atoms with Gasteiger partial charge in [0.05, 0.1) is 14.7 Å². The van der Waals surface area contributed by atoms with Crippen molar-refractivity contribution in [2.24, 2.45) is 28.3 Å². The fourth-order valence-electron chi connectivity index (χ4n) is 7.05. The van der Waals surface area contributed by atoms with Crippen LogP contribution in [0.25, 0.3) is 0 Å². The molecule has 182 valence electrons. The van der Waals surface area contributed by atoms with Gasteiger partial charge in [-0.05, 0) is 118 Å². The minimum Gasteiger partial charge on any atom is -0.506 e. The number of carbonyl (C=O) groups excluding carboxylic acids is 1. The van der Waals surface area contributed by atoms with E-state index in [-0.39, 0.29) is 17.1 Å². The maximum absolute atomic E-state index is 12.7. The number of nitrogens with one attached hydrogen (secondary N) is 1. The van der Waals surface area contributed by atoms with Crippen molar-refractivity contribution in [3.05, 3.63) is 37.2 Å². The molecular weight excluding hydrogens is 582 g/mol. The number of anilines is 1. The van der Waals surface area contributed by atoms with E-state index in [0.29, 0.717) is 35.2 Å². The van der Waals surface area contributed by atoms with Crippen LogP contribution in [-0.4, -0.2) is 26.9 Å². The first-order valence-corrected chi connectivity index (χ1v) is 14.3. The third kappa shape index (κ3) is 4.01. The van der Waals surface area contributed by atoms with Crippen LogP contribution < -0.4 is 5.32 Å². The second-order valence-corrected chi connectivity index (χ2v) is 13.1. The third-order valence-corrected chi connectivity index (χ3v) is 10.8. The summed E-state index contributed by atoms with van der Waals surface area (Å²) in [6.07, 6.45) is 7.68. The topological polar surface area (TPSA) is 94.8 Å². The van der Waals surface area contributed by atoms with Crippen molar-refractivity contribution in [2.45, 2.75) is 64.7 Å². The molecule has 0 radical (unpaired) electrons. The number of aryl methyl sites for hydroxylation is 1. The Morgan fingerprint density at radius 3 is 2.88 bits per heavy atom. The normalized spacial score (nSPS) is 31.1. The van der Waals surface area contributed by atoms with Gasteiger partial charge >= 0.3 is 0 Å². The van der Waals surface area contributed by atoms with Crippen molar-refractivity contribution >= 4 is 59.9 Å². The van der Waals surface area contributed by atoms with Gasteiger partial charge in [-0.25, -0.2) is 4.98 Å². The molecule has 0 saturated heterocycles. The number of hydrogen-bond acceptors (Lipinski definition) is 6. The van der Waals surface area contributed by atoms with E-state index in [1.807, 2.05) is 6.92 Å². The number of fused-ring (bicyclic) bond motifs is 5. The summed E-state index contributed by atoms with van der Waals surface area (Å²) < 4.78 is 1.53. The SMILES string of the molecule is Cc1cnc(NC(=O)CCC2C/C(=N\O)C3(C)CCC4c5cc(Br)c(O)c(Br)c5CCC4C23)s1. The zero-order chi connectivity index (χ0) is 24.2. The lowest BCUT2D eigenvalue weighted by Gasteiger charge is -2.50. The number of carbonyl (C=O) groups is 1. The summed E-state index contributed by atoms with van der Waals surface area (Å²) in [5.74, 6) is 1.80. The van der Waals surface area contributed by atoms with Gasteiger partial charge < -0.3 is 15.6 Å². The Labute approximate surface area is 220 Å². The predicted molar refractivity (Wildman–Crippen MR) is 141 cm³/mol. The Morgan fingerprint density at radius 2 is 2.18 bits per heavy atom. The monoisotopic (exact) mass is 609 g/mol. The number of aromatic nitrogens is 1. The first-order valence-electron chi connectivity index (χ1n) is 11.9. The maximum Gasteiger partial charge on any atom is 0.226 e. The summed E-state index contributed by atoms with van der Waals surface area (Å²) in [7, 11) is 0. The average Bonchev–Trinajstić information content (AvgIpc) is 3.35. The van der Waals surface area contributed by atoms with Crippen LogP contribution in [-0.2, 0) is 11.2 Å². The second kappa shape index (κ2) is 9.21. The Balaban J connectivity index is 1.39. The lowest BCUT2D eigenvalue weighted by molar-refractivity contribution is -0.116. The summed E-state index contributed by atoms with van der Waals surface area (Å²) >= 11 is 8.64. The van der Waals surface area contributed by atoms with Crippen LogP contribution in [0.5, 0.6) is 5.75 Å². The van der Waals surface area contributed by atoms with Gasteiger partial charge in [0.15, 0.2) is 5.13 Å². The van der Waals surface area contributed by atoms with Crippen molar-refractivity contribution in [1.82, 2.24) is 4.98 Å². The molecule has 5 rings (SSSR count). The van der Waals surface area contributed by atoms with E-state index in [9.17, 15) is 15.1 Å². The highest BCUT2D eigenvalue weighted by Gasteiger charge is 2.57. The number of phenols is 1. The molecule has 34 heavy (non-hydrogen) atoms. The number of phenolic OH excluding ortho intramolecular Hbond substituents is 1. The number of rotatable bonds is 4. The average molecular weight is 611 g/mol. The standard InChI is InChI=1S/C25H29Br2N3O3S/c1-12-11-28-24(34-12)29-20(31)6-3-13-9-19(30-33)25(2)8-7-14-15(21(13)25)4-5-16-17(14)10-18(26)23(32)22(16)27/h10-11,13-15,21,32-33H,3-9H2,1-2H3,(H,28,29,31)/b30-19+. The predicted octanol–water partition coefficient (Wildman–Crippen LogP) is 7.01. The molecular formula is C25H29Br2N3O3S. The van der Waals surface area contributed by atoms with E-state index < -0.39 is 0 Å². The fourth-order valence-corrected chi connectivity index (χ4v) is 9.08. The minimum absolute atomic E-state index is 0.00451. The quantitative estimate of drug-likeness (QED) is 0.256. The van der Waals surface area contributed by atoms with E-state index >= 15 is 0 Å². The van der Waals surface area contributed by atoms with Crippen LogP contribution >= 0.6 is 43.2 Å². The zero-order valence-electron chi connectivity index (χ0n) is 19.3. The first kappa shape index (κ1) is 24.3. The van der Waals surface area contributed by atoms with Crippen molar-refractivity contribution in [3.8, 4) is 5.75 Å². The Bertz CT molecular complexity index is 1170. The molecule has 0 bridgehead atoms. The molecule has 2 saturated carbocycles. The molecule has 5 unspecified atom stereocenters. The van der Waals surface area contributed by atoms with Gasteiger partial charge in [0, 0.05) is 22.9 Å². The van der Waals surface area contributed by atoms with Gasteiger partial charge in [-0.3, -0.25) is 4.79 Å². The van der Waals surface area contributed by atoms with Crippen LogP contribution in [0.3, 0.4) is 0 Å². The summed E-state index contributed by atoms with van der Waals surface area (Å²) in [6, 6.07) is 2.10. The molecule has 3 aliphatic rings. The molecule has 0 aliphatic heterocycles. The van der Waals surface area contributed by atoms with Gasteiger partial charge in [0.25, 0.3) is 0 Å². The molecule has 3 aliphatic carbocycles. The Hall–Kier alpha value is -1.45. The number of halogens is 2. The number of nitrogens with zero attached hydrogens (tertiary/aromatic N) is 2. The van der Waals surface area contributed by atoms with Gasteiger partial charge in [0.2, 0.25) is 5.91 Å². The van der Waals surface area contributed by atoms with Crippen LogP contribution in [0, 0.1) is 30.1 Å². The smallest absolute Gasteiger partial charge is 0.226 e. The van der Waals surface area contributed by atoms with E-state index in [2.05, 4.69) is 60.3 Å². The van der Waals surface area contributed by atoms with Crippen LogP contribution in [0.1, 0.15) is 67.4 Å². The lowest BCUT2D eigenvalue weighted by atomic mass is 9.54. The molecule has 1 heterocycles. The lowest BCUT2D eigenvalue weighted by Crippen LogP contribution is -2.44. The van der Waals surface area contributed by atoms with Crippen molar-refractivity contribution in [3.63, 3.8) is 0 Å². The van der Waals surface area contributed by atoms with Crippen LogP contribution in [0.4, 0.5) is 5.13 Å². The van der Waals surface area contributed by atoms with Crippen LogP contribution in [0.15, 0.2) is 26.4 Å². The molecule has 2 aromatic rings. The van der Waals surface area contributed by atoms with E-state index in [1.165, 1.54) is 22.5 Å². The summed E-state index contributed by atoms with van der Waals surface area (Å²) in [5, 5.41) is 27.6. The Kier molecular flexibility index (Phi) is 6.57. The third-order valence-electron chi connectivity index (χ3n) is 8.50. The van der Waals surface area contributed by atoms with E-state index in [1.54, 1.807) is 6.20 Å². The molecule has 1 amide bonds. The number of hydrogen-bond donors (Lipinski definition) is 3. The van der Waals surface area contributed by atoms with Crippen LogP contribution in [0.2, 0.25) is 0 Å². The number of thiazole rings is 1. The number of aromatic hydroxyl groups is 1. The van der Waals surface area contributed by atoms with Crippen molar-refractivity contribution in [2.75, 3.05) is 5.32 Å². The zero-order valence-corrected chi connectivity index (χ0v) is 23.3. The number of oxime groups is 1. The highest BCUT2D eigenvalue weighted by atomic mass is 79.9. The van der Waals surface area contributed by atoms with Gasteiger partial charge in [-0.15, -0.1) is 11.3 Å². The maximum atomic E-state index is 12.7. The highest BCUT2D eigenvalue weighted by Crippen LogP contribution is 2.63. The molecule has 1 aromatic carbocycles. The largest absolute Gasteiger partial charge is 0.506 e. The summed E-state index contributed by atoms with van der Waals surface area (Å²) in [6.45, 7) is 4.24. The second-order valence-electron chi connectivity index (χ2n) is 10.3. The first-order chi connectivity index (χ1) is 16.2. The minimum atomic E-state index is -0.133. The molecule has 1 aromatic heterocycles. The molecule has 3 N–H and O–H groups in total. The molecule has 2 fully saturated rings. The van der Waals surface area contributed by atoms with E-state index in [4.69, 9.17) is 0 Å². The molecule has 5 atom stereocenters.